The Morgan fingerprint density at radius 2 is 1.35 bits per heavy atom. The molecule has 2 aromatic heterocycles. The summed E-state index contributed by atoms with van der Waals surface area (Å²) in [5.41, 5.74) is 22.2. The van der Waals surface area contributed by atoms with Crippen molar-refractivity contribution in [3.8, 4) is 22.5 Å². The first-order valence-electron chi connectivity index (χ1n) is 18.8. The number of hydrogen-bond donors (Lipinski definition) is 5. The maximum Gasteiger partial charge on any atom is 0.101 e. The van der Waals surface area contributed by atoms with E-state index in [0.29, 0.717) is 5.92 Å². The molecule has 5 N–H and O–H groups in total. The minimum Gasteiger partial charge on any atom is -0.354 e. The highest BCUT2D eigenvalue weighted by Gasteiger charge is 2.33. The number of nitrogens with zero attached hydrogens (tertiary/aromatic N) is 3. The summed E-state index contributed by atoms with van der Waals surface area (Å²) in [4.78, 5) is 3.89. The van der Waals surface area contributed by atoms with Gasteiger partial charge in [0.15, 0.2) is 0 Å². The summed E-state index contributed by atoms with van der Waals surface area (Å²) in [5, 5.41) is 15.9. The van der Waals surface area contributed by atoms with Crippen LogP contribution in [0.2, 0.25) is 0 Å². The Morgan fingerprint density at radius 3 is 2.23 bits per heavy atom. The first-order chi connectivity index (χ1) is 23.8. The Bertz CT molecular complexity index is 1760. The first-order valence-corrected chi connectivity index (χ1v) is 18.8. The van der Waals surface area contributed by atoms with Gasteiger partial charge in [-0.25, -0.2) is 10.9 Å². The minimum absolute atomic E-state index is 0.495. The van der Waals surface area contributed by atoms with E-state index in [1.165, 1.54) is 122 Å². The zero-order chi connectivity index (χ0) is 32.1. The molecule has 0 amide bonds. The van der Waals surface area contributed by atoms with Crippen molar-refractivity contribution in [2.24, 2.45) is 0 Å². The SMILES string of the molecule is c1ccc2[nH]c(-c3c(-c4n[nH]c5ccccc45)cc(C4CCCCCCC4)c(N4CCCCCCN4)c3N3CCCCCNN3)cc2c1. The van der Waals surface area contributed by atoms with E-state index in [1.54, 1.807) is 0 Å². The van der Waals surface area contributed by atoms with Gasteiger partial charge in [-0.3, -0.25) is 10.1 Å². The number of rotatable bonds is 5. The standard InChI is InChI=1S/C40H52N8/c1-2-7-17-29(18-8-3-1)32-28-33(38-31-20-10-12-22-35(31)44-45-38)37(36-27-30-19-9-11-21-34(30)43-36)40(48-26-16-6-13-23-41-46-48)39(32)47-25-15-5-4-14-24-42-47/h9-12,19-22,27-29,41-43,46H,1-8,13-18,23-26H2,(H,44,45). The van der Waals surface area contributed by atoms with Crippen molar-refractivity contribution < 1.29 is 0 Å². The summed E-state index contributed by atoms with van der Waals surface area (Å²) in [5.74, 6) is 0.495. The van der Waals surface area contributed by atoms with Crippen LogP contribution in [0.5, 0.6) is 0 Å². The molecule has 0 unspecified atom stereocenters. The summed E-state index contributed by atoms with van der Waals surface area (Å²) in [6, 6.07) is 22.2. The number of aromatic nitrogens is 3. The molecule has 2 saturated heterocycles. The number of para-hydroxylation sites is 2. The fraction of sp³-hybridized carbons (Fsp3) is 0.475. The average Bonchev–Trinajstić information content (AvgIpc) is 3.69. The molecular formula is C40H52N8. The molecule has 1 aliphatic carbocycles. The zero-order valence-corrected chi connectivity index (χ0v) is 28.4. The molecule has 8 rings (SSSR count). The van der Waals surface area contributed by atoms with Crippen molar-refractivity contribution in [3.63, 3.8) is 0 Å². The van der Waals surface area contributed by atoms with Crippen LogP contribution >= 0.6 is 0 Å². The first kappa shape index (κ1) is 31.4. The summed E-state index contributed by atoms with van der Waals surface area (Å²) in [6.07, 6.45) is 17.6. The van der Waals surface area contributed by atoms with Crippen molar-refractivity contribution in [2.75, 3.05) is 36.2 Å². The van der Waals surface area contributed by atoms with Crippen molar-refractivity contribution in [2.45, 2.75) is 95.8 Å². The number of hydrazine groups is 3. The van der Waals surface area contributed by atoms with E-state index in [0.717, 1.165) is 55.0 Å². The van der Waals surface area contributed by atoms with E-state index < -0.39 is 0 Å². The molecular weight excluding hydrogens is 592 g/mol. The highest BCUT2D eigenvalue weighted by atomic mass is 15.7. The topological polar surface area (TPSA) is 87.0 Å². The lowest BCUT2D eigenvalue weighted by atomic mass is 9.81. The summed E-state index contributed by atoms with van der Waals surface area (Å²) >= 11 is 0. The number of nitrogens with one attached hydrogen (secondary N) is 5. The largest absolute Gasteiger partial charge is 0.354 e. The quantitative estimate of drug-likeness (QED) is 0.131. The molecule has 4 heterocycles. The molecule has 1 saturated carbocycles. The molecule has 0 spiro atoms. The average molecular weight is 645 g/mol. The van der Waals surface area contributed by atoms with Gasteiger partial charge < -0.3 is 9.99 Å². The maximum absolute atomic E-state index is 5.09. The van der Waals surface area contributed by atoms with Gasteiger partial charge in [0.25, 0.3) is 0 Å². The molecule has 48 heavy (non-hydrogen) atoms. The molecule has 3 fully saturated rings. The predicted octanol–water partition coefficient (Wildman–Crippen LogP) is 9.09. The van der Waals surface area contributed by atoms with E-state index in [4.69, 9.17) is 5.10 Å². The van der Waals surface area contributed by atoms with Crippen LogP contribution in [0.1, 0.15) is 101 Å². The van der Waals surface area contributed by atoms with Crippen molar-refractivity contribution >= 4 is 33.2 Å². The molecule has 0 atom stereocenters. The van der Waals surface area contributed by atoms with Crippen LogP contribution in [0, 0.1) is 0 Å². The lowest BCUT2D eigenvalue weighted by molar-refractivity contribution is 0.439. The summed E-state index contributed by atoms with van der Waals surface area (Å²) in [6.45, 7) is 3.89. The molecule has 252 valence electrons. The smallest absolute Gasteiger partial charge is 0.101 e. The van der Waals surface area contributed by atoms with Crippen LogP contribution in [-0.2, 0) is 0 Å². The zero-order valence-electron chi connectivity index (χ0n) is 28.4. The molecule has 3 aliphatic rings. The van der Waals surface area contributed by atoms with Gasteiger partial charge >= 0.3 is 0 Å². The van der Waals surface area contributed by atoms with E-state index in [-0.39, 0.29) is 0 Å². The number of aromatic amines is 2. The molecule has 2 aliphatic heterocycles. The number of benzene rings is 3. The number of fused-ring (bicyclic) bond motifs is 2. The fourth-order valence-corrected chi connectivity index (χ4v) is 8.41. The van der Waals surface area contributed by atoms with Crippen molar-refractivity contribution in [1.82, 2.24) is 31.6 Å². The van der Waals surface area contributed by atoms with Crippen molar-refractivity contribution in [1.29, 1.82) is 0 Å². The number of hydrogen-bond acceptors (Lipinski definition) is 6. The predicted molar refractivity (Wildman–Crippen MR) is 200 cm³/mol. The van der Waals surface area contributed by atoms with Crippen LogP contribution in [-0.4, -0.2) is 41.4 Å². The van der Waals surface area contributed by atoms with Gasteiger partial charge in [-0.1, -0.05) is 87.8 Å². The third kappa shape index (κ3) is 6.46. The molecule has 8 nitrogen and oxygen atoms in total. The van der Waals surface area contributed by atoms with Gasteiger partial charge in [0.05, 0.1) is 16.9 Å². The lowest BCUT2D eigenvalue weighted by Crippen LogP contribution is -2.51. The third-order valence-electron chi connectivity index (χ3n) is 10.9. The second-order valence-corrected chi connectivity index (χ2v) is 14.2. The number of H-pyrrole nitrogens is 2. The van der Waals surface area contributed by atoms with Crippen LogP contribution in [0.15, 0.2) is 60.7 Å². The Labute approximate surface area is 285 Å². The van der Waals surface area contributed by atoms with Gasteiger partial charge in [-0.05, 0) is 74.3 Å². The normalized spacial score (nSPS) is 19.4. The molecule has 3 aromatic carbocycles. The fourth-order valence-electron chi connectivity index (χ4n) is 8.41. The molecule has 0 radical (unpaired) electrons. The van der Waals surface area contributed by atoms with Gasteiger partial charge in [-0.15, -0.1) is 0 Å². The minimum atomic E-state index is 0.495. The second-order valence-electron chi connectivity index (χ2n) is 14.2. The van der Waals surface area contributed by atoms with Crippen LogP contribution in [0.4, 0.5) is 11.4 Å². The number of anilines is 2. The van der Waals surface area contributed by atoms with E-state index >= 15 is 0 Å². The summed E-state index contributed by atoms with van der Waals surface area (Å²) in [7, 11) is 0. The highest BCUT2D eigenvalue weighted by molar-refractivity contribution is 6.05. The van der Waals surface area contributed by atoms with E-state index in [1.807, 2.05) is 0 Å². The summed E-state index contributed by atoms with van der Waals surface area (Å²) < 4.78 is 0. The van der Waals surface area contributed by atoms with Gasteiger partial charge in [-0.2, -0.15) is 10.6 Å². The Hall–Kier alpha value is -3.85. The second kappa shape index (κ2) is 14.7. The molecule has 5 aromatic rings. The Morgan fingerprint density at radius 1 is 0.646 bits per heavy atom. The lowest BCUT2D eigenvalue weighted by Gasteiger charge is -2.39. The van der Waals surface area contributed by atoms with Gasteiger partial charge in [0.2, 0.25) is 0 Å². The third-order valence-corrected chi connectivity index (χ3v) is 10.9. The Balaban J connectivity index is 1.46. The maximum atomic E-state index is 5.09. The highest BCUT2D eigenvalue weighted by Crippen LogP contribution is 2.51. The van der Waals surface area contributed by atoms with Gasteiger partial charge in [0.1, 0.15) is 5.69 Å². The van der Waals surface area contributed by atoms with Crippen LogP contribution in [0.25, 0.3) is 44.3 Å². The molecule has 8 heteroatoms. The van der Waals surface area contributed by atoms with Gasteiger partial charge in [0, 0.05) is 59.3 Å². The van der Waals surface area contributed by atoms with Crippen LogP contribution < -0.4 is 26.4 Å². The van der Waals surface area contributed by atoms with E-state index in [2.05, 4.69) is 97.2 Å². The van der Waals surface area contributed by atoms with Crippen LogP contribution in [0.3, 0.4) is 0 Å². The molecule has 0 bridgehead atoms. The van der Waals surface area contributed by atoms with E-state index in [9.17, 15) is 0 Å². The Kier molecular flexibility index (Phi) is 9.64. The van der Waals surface area contributed by atoms with Crippen molar-refractivity contribution in [3.05, 3.63) is 66.2 Å². The monoisotopic (exact) mass is 644 g/mol.